The zero-order valence-corrected chi connectivity index (χ0v) is 10.8. The van der Waals surface area contributed by atoms with E-state index in [9.17, 15) is 4.79 Å². The number of nitrogens with one attached hydrogen (secondary N) is 2. The maximum Gasteiger partial charge on any atom is 0.257 e. The Morgan fingerprint density at radius 3 is 2.95 bits per heavy atom. The lowest BCUT2D eigenvalue weighted by molar-refractivity contribution is -0.110. The molecule has 0 unspecified atom stereocenters. The number of amides is 1. The summed E-state index contributed by atoms with van der Waals surface area (Å²) in [6.45, 7) is 0. The fourth-order valence-electron chi connectivity index (χ4n) is 2.38. The second-order valence-electron chi connectivity index (χ2n) is 4.49. The highest BCUT2D eigenvalue weighted by molar-refractivity contribution is 7.15. The molecule has 0 bridgehead atoms. The van der Waals surface area contributed by atoms with Crippen molar-refractivity contribution in [2.45, 2.75) is 0 Å². The van der Waals surface area contributed by atoms with E-state index < -0.39 is 0 Å². The Morgan fingerprint density at radius 1 is 1.16 bits per heavy atom. The van der Waals surface area contributed by atoms with E-state index in [-0.39, 0.29) is 5.91 Å². The van der Waals surface area contributed by atoms with Gasteiger partial charge in [0.1, 0.15) is 5.00 Å². The van der Waals surface area contributed by atoms with Crippen molar-refractivity contribution in [2.24, 2.45) is 0 Å². The first-order valence-corrected chi connectivity index (χ1v) is 6.88. The van der Waals surface area contributed by atoms with E-state index in [1.54, 1.807) is 11.3 Å². The Balaban J connectivity index is 1.85. The Hall–Kier alpha value is -2.33. The molecule has 1 aromatic carbocycles. The zero-order valence-electron chi connectivity index (χ0n) is 9.94. The van der Waals surface area contributed by atoms with Gasteiger partial charge in [-0.3, -0.25) is 4.79 Å². The van der Waals surface area contributed by atoms with Crippen LogP contribution in [0.2, 0.25) is 0 Å². The van der Waals surface area contributed by atoms with Crippen molar-refractivity contribution in [3.05, 3.63) is 53.0 Å². The molecule has 2 aromatic heterocycles. The van der Waals surface area contributed by atoms with Crippen molar-refractivity contribution in [3.8, 4) is 0 Å². The van der Waals surface area contributed by atoms with E-state index in [0.717, 1.165) is 32.7 Å². The van der Waals surface area contributed by atoms with Gasteiger partial charge in [-0.1, -0.05) is 18.2 Å². The molecule has 0 atom stereocenters. The number of carbonyl (C=O) groups excluding carboxylic acids is 1. The molecule has 1 amide bonds. The van der Waals surface area contributed by atoms with Crippen molar-refractivity contribution in [3.63, 3.8) is 0 Å². The van der Waals surface area contributed by atoms with Crippen LogP contribution in [0.1, 0.15) is 11.3 Å². The number of H-pyrrole nitrogens is 1. The predicted molar refractivity (Wildman–Crippen MR) is 79.1 cm³/mol. The van der Waals surface area contributed by atoms with Crippen LogP contribution in [0.25, 0.3) is 22.6 Å². The Bertz CT molecular complexity index is 792. The smallest absolute Gasteiger partial charge is 0.257 e. The molecule has 1 aliphatic rings. The first-order chi connectivity index (χ1) is 9.31. The third-order valence-electron chi connectivity index (χ3n) is 3.28. The van der Waals surface area contributed by atoms with Crippen LogP contribution in [0.3, 0.4) is 0 Å². The van der Waals surface area contributed by atoms with Gasteiger partial charge in [0.15, 0.2) is 0 Å². The summed E-state index contributed by atoms with van der Waals surface area (Å²) in [5.74, 6) is -0.0273. The molecule has 92 valence electrons. The van der Waals surface area contributed by atoms with Crippen LogP contribution < -0.4 is 5.32 Å². The van der Waals surface area contributed by atoms with Gasteiger partial charge in [0.25, 0.3) is 5.91 Å². The van der Waals surface area contributed by atoms with Crippen molar-refractivity contribution in [1.82, 2.24) is 4.98 Å². The van der Waals surface area contributed by atoms with E-state index in [4.69, 9.17) is 0 Å². The van der Waals surface area contributed by atoms with Gasteiger partial charge in [0, 0.05) is 16.8 Å². The molecule has 0 fully saturated rings. The summed E-state index contributed by atoms with van der Waals surface area (Å²) in [6.07, 6.45) is 1.91. The Morgan fingerprint density at radius 2 is 2.05 bits per heavy atom. The Labute approximate surface area is 113 Å². The minimum Gasteiger partial charge on any atom is -0.355 e. The third kappa shape index (κ3) is 1.61. The number of hydrogen-bond donors (Lipinski definition) is 2. The summed E-state index contributed by atoms with van der Waals surface area (Å²) < 4.78 is 0. The lowest BCUT2D eigenvalue weighted by Gasteiger charge is -1.93. The molecule has 0 saturated heterocycles. The van der Waals surface area contributed by atoms with Crippen LogP contribution in [-0.4, -0.2) is 10.9 Å². The zero-order chi connectivity index (χ0) is 12.8. The number of thiophene rings is 1. The van der Waals surface area contributed by atoms with Crippen LogP contribution in [0.15, 0.2) is 41.8 Å². The van der Waals surface area contributed by atoms with Crippen molar-refractivity contribution in [1.29, 1.82) is 0 Å². The molecule has 19 heavy (non-hydrogen) atoms. The lowest BCUT2D eigenvalue weighted by Crippen LogP contribution is -2.03. The van der Waals surface area contributed by atoms with E-state index in [1.165, 1.54) is 0 Å². The summed E-state index contributed by atoms with van der Waals surface area (Å²) >= 11 is 1.55. The van der Waals surface area contributed by atoms with E-state index in [1.807, 2.05) is 35.7 Å². The van der Waals surface area contributed by atoms with E-state index >= 15 is 0 Å². The highest BCUT2D eigenvalue weighted by Crippen LogP contribution is 2.37. The standard InChI is InChI=1S/C15H10N2OS/c18-14-12(11-5-6-19-15(11)17-14)8-10-7-9-3-1-2-4-13(9)16-10/h1-8,16H,(H,17,18)/b12-8-. The van der Waals surface area contributed by atoms with Crippen molar-refractivity contribution < 1.29 is 4.79 Å². The summed E-state index contributed by atoms with van der Waals surface area (Å²) in [7, 11) is 0. The van der Waals surface area contributed by atoms with Gasteiger partial charge in [0.2, 0.25) is 0 Å². The van der Waals surface area contributed by atoms with Gasteiger partial charge in [-0.2, -0.15) is 0 Å². The molecule has 2 N–H and O–H groups in total. The van der Waals surface area contributed by atoms with Crippen molar-refractivity contribution >= 4 is 44.8 Å². The summed E-state index contributed by atoms with van der Waals surface area (Å²) in [5.41, 5.74) is 3.75. The number of carbonyl (C=O) groups is 1. The molecule has 3 heterocycles. The number of benzene rings is 1. The summed E-state index contributed by atoms with van der Waals surface area (Å²) in [5, 5.41) is 6.96. The molecule has 0 saturated carbocycles. The average molecular weight is 266 g/mol. The van der Waals surface area contributed by atoms with Gasteiger partial charge in [-0.05, 0) is 35.0 Å². The monoisotopic (exact) mass is 266 g/mol. The minimum atomic E-state index is -0.0273. The van der Waals surface area contributed by atoms with Gasteiger partial charge in [-0.15, -0.1) is 11.3 Å². The van der Waals surface area contributed by atoms with Gasteiger partial charge in [-0.25, -0.2) is 0 Å². The van der Waals surface area contributed by atoms with Gasteiger partial charge >= 0.3 is 0 Å². The normalized spacial score (nSPS) is 16.0. The number of fused-ring (bicyclic) bond motifs is 2. The minimum absolute atomic E-state index is 0.0273. The maximum atomic E-state index is 11.9. The number of hydrogen-bond acceptors (Lipinski definition) is 2. The average Bonchev–Trinajstić information content (AvgIpc) is 3.06. The molecular formula is C15H10N2OS. The highest BCUT2D eigenvalue weighted by atomic mass is 32.1. The second-order valence-corrected chi connectivity index (χ2v) is 5.40. The van der Waals surface area contributed by atoms with Crippen LogP contribution in [0.5, 0.6) is 0 Å². The Kier molecular flexibility index (Phi) is 2.13. The number of anilines is 1. The first kappa shape index (κ1) is 10.6. The summed E-state index contributed by atoms with van der Waals surface area (Å²) in [6, 6.07) is 12.1. The number of aromatic nitrogens is 1. The van der Waals surface area contributed by atoms with Crippen LogP contribution in [0, 0.1) is 0 Å². The molecule has 0 aliphatic carbocycles. The van der Waals surface area contributed by atoms with Crippen LogP contribution in [0.4, 0.5) is 5.00 Å². The van der Waals surface area contributed by atoms with Crippen LogP contribution >= 0.6 is 11.3 Å². The molecule has 0 radical (unpaired) electrons. The number of rotatable bonds is 1. The van der Waals surface area contributed by atoms with E-state index in [0.29, 0.717) is 0 Å². The number of para-hydroxylation sites is 1. The topological polar surface area (TPSA) is 44.9 Å². The predicted octanol–water partition coefficient (Wildman–Crippen LogP) is 3.72. The van der Waals surface area contributed by atoms with Crippen molar-refractivity contribution in [2.75, 3.05) is 5.32 Å². The largest absolute Gasteiger partial charge is 0.355 e. The fourth-order valence-corrected chi connectivity index (χ4v) is 3.18. The SMILES string of the molecule is O=C1Nc2sccc2/C1=C/c1cc2ccccc2[nH]1. The fraction of sp³-hybridized carbons (Fsp3) is 0. The van der Waals surface area contributed by atoms with E-state index in [2.05, 4.69) is 22.4 Å². The molecule has 1 aliphatic heterocycles. The second kappa shape index (κ2) is 3.83. The molecule has 3 nitrogen and oxygen atoms in total. The highest BCUT2D eigenvalue weighted by Gasteiger charge is 2.25. The molecule has 4 heteroatoms. The molecule has 4 rings (SSSR count). The quantitative estimate of drug-likeness (QED) is 0.648. The van der Waals surface area contributed by atoms with Crippen LogP contribution in [-0.2, 0) is 4.79 Å². The van der Waals surface area contributed by atoms with Gasteiger partial charge < -0.3 is 10.3 Å². The maximum absolute atomic E-state index is 11.9. The van der Waals surface area contributed by atoms with Gasteiger partial charge in [0.05, 0.1) is 5.57 Å². The molecule has 0 spiro atoms. The molecule has 3 aromatic rings. The molecular weight excluding hydrogens is 256 g/mol. The third-order valence-corrected chi connectivity index (χ3v) is 4.11. The summed E-state index contributed by atoms with van der Waals surface area (Å²) in [4.78, 5) is 15.2. The lowest BCUT2D eigenvalue weighted by atomic mass is 10.1. The first-order valence-electron chi connectivity index (χ1n) is 6.00. The number of aromatic amines is 1.